The molecule has 0 aliphatic rings. The van der Waals surface area contributed by atoms with Crippen molar-refractivity contribution in [2.24, 2.45) is 0 Å². The van der Waals surface area contributed by atoms with E-state index in [1.165, 1.54) is 14.8 Å². The molecule has 0 radical (unpaired) electrons. The zero-order chi connectivity index (χ0) is 14.5. The van der Waals surface area contributed by atoms with Gasteiger partial charge >= 0.3 is 0 Å². The summed E-state index contributed by atoms with van der Waals surface area (Å²) in [5.74, 6) is 0. The lowest BCUT2D eigenvalue weighted by Gasteiger charge is -2.14. The van der Waals surface area contributed by atoms with E-state index in [1.54, 1.807) is 0 Å². The SMILES string of the molecule is Cc1cc(C)n(CCCNC(C)c2ccc(I)cc2)n1. The predicted molar refractivity (Wildman–Crippen MR) is 91.9 cm³/mol. The van der Waals surface area contributed by atoms with Crippen LogP contribution in [-0.4, -0.2) is 16.3 Å². The Balaban J connectivity index is 1.75. The fraction of sp³-hybridized carbons (Fsp3) is 0.438. The Bertz CT molecular complexity index is 545. The molecule has 1 aromatic heterocycles. The number of aromatic nitrogens is 2. The van der Waals surface area contributed by atoms with Gasteiger partial charge < -0.3 is 5.32 Å². The molecular weight excluding hydrogens is 361 g/mol. The highest BCUT2D eigenvalue weighted by Crippen LogP contribution is 2.14. The van der Waals surface area contributed by atoms with Crippen LogP contribution in [0, 0.1) is 17.4 Å². The van der Waals surface area contributed by atoms with Crippen LogP contribution in [0.1, 0.15) is 36.3 Å². The standard InChI is InChI=1S/C16H22IN3/c1-12-11-13(2)20(19-12)10-4-9-18-14(3)15-5-7-16(17)8-6-15/h5-8,11,14,18H,4,9-10H2,1-3H3. The summed E-state index contributed by atoms with van der Waals surface area (Å²) in [5, 5.41) is 8.05. The highest BCUT2D eigenvalue weighted by Gasteiger charge is 2.04. The molecule has 0 amide bonds. The minimum atomic E-state index is 0.396. The second-order valence-corrected chi connectivity index (χ2v) is 6.48. The fourth-order valence-corrected chi connectivity index (χ4v) is 2.68. The van der Waals surface area contributed by atoms with E-state index in [-0.39, 0.29) is 0 Å². The molecule has 0 bridgehead atoms. The second kappa shape index (κ2) is 7.22. The van der Waals surface area contributed by atoms with Crippen molar-refractivity contribution in [2.45, 2.75) is 39.8 Å². The summed E-state index contributed by atoms with van der Waals surface area (Å²) in [5.41, 5.74) is 3.69. The smallest absolute Gasteiger partial charge is 0.0596 e. The van der Waals surface area contributed by atoms with E-state index >= 15 is 0 Å². The number of hydrogen-bond acceptors (Lipinski definition) is 2. The number of halogens is 1. The van der Waals surface area contributed by atoms with Gasteiger partial charge in [0.15, 0.2) is 0 Å². The zero-order valence-corrected chi connectivity index (χ0v) is 14.5. The first kappa shape index (κ1) is 15.5. The molecule has 0 saturated heterocycles. The first-order valence-electron chi connectivity index (χ1n) is 7.06. The van der Waals surface area contributed by atoms with Gasteiger partial charge in [0.2, 0.25) is 0 Å². The van der Waals surface area contributed by atoms with Crippen molar-refractivity contribution >= 4 is 22.6 Å². The number of nitrogens with zero attached hydrogens (tertiary/aromatic N) is 2. The Kier molecular flexibility index (Phi) is 5.60. The summed E-state index contributed by atoms with van der Waals surface area (Å²) in [7, 11) is 0. The molecule has 108 valence electrons. The van der Waals surface area contributed by atoms with E-state index in [0.29, 0.717) is 6.04 Å². The summed E-state index contributed by atoms with van der Waals surface area (Å²) < 4.78 is 3.37. The molecule has 20 heavy (non-hydrogen) atoms. The Morgan fingerprint density at radius 1 is 1.25 bits per heavy atom. The van der Waals surface area contributed by atoms with E-state index in [4.69, 9.17) is 0 Å². The third kappa shape index (κ3) is 4.31. The molecule has 0 aliphatic carbocycles. The lowest BCUT2D eigenvalue weighted by atomic mass is 10.1. The maximum Gasteiger partial charge on any atom is 0.0596 e. The first-order valence-corrected chi connectivity index (χ1v) is 8.14. The first-order chi connectivity index (χ1) is 9.56. The van der Waals surface area contributed by atoms with Gasteiger partial charge in [-0.25, -0.2) is 0 Å². The Labute approximate surface area is 134 Å². The number of hydrogen-bond donors (Lipinski definition) is 1. The number of nitrogens with one attached hydrogen (secondary N) is 1. The van der Waals surface area contributed by atoms with E-state index in [9.17, 15) is 0 Å². The molecule has 1 atom stereocenters. The summed E-state index contributed by atoms with van der Waals surface area (Å²) in [6, 6.07) is 11.2. The van der Waals surface area contributed by atoms with Gasteiger partial charge in [-0.05, 0) is 80.1 Å². The van der Waals surface area contributed by atoms with Crippen molar-refractivity contribution < 1.29 is 0 Å². The van der Waals surface area contributed by atoms with Crippen LogP contribution in [0.3, 0.4) is 0 Å². The van der Waals surface area contributed by atoms with Crippen LogP contribution in [0.4, 0.5) is 0 Å². The minimum absolute atomic E-state index is 0.396. The molecule has 1 aromatic carbocycles. The third-order valence-electron chi connectivity index (χ3n) is 3.47. The van der Waals surface area contributed by atoms with E-state index in [1.807, 2.05) is 6.92 Å². The van der Waals surface area contributed by atoms with Crippen molar-refractivity contribution in [3.63, 3.8) is 0 Å². The minimum Gasteiger partial charge on any atom is -0.310 e. The molecule has 0 fully saturated rings. The lowest BCUT2D eigenvalue weighted by molar-refractivity contribution is 0.500. The van der Waals surface area contributed by atoms with Crippen LogP contribution in [0.2, 0.25) is 0 Å². The quantitative estimate of drug-likeness (QED) is 0.607. The summed E-state index contributed by atoms with van der Waals surface area (Å²) in [4.78, 5) is 0. The van der Waals surface area contributed by atoms with Gasteiger partial charge in [0.05, 0.1) is 5.69 Å². The molecule has 0 aliphatic heterocycles. The van der Waals surface area contributed by atoms with Crippen LogP contribution in [0.25, 0.3) is 0 Å². The highest BCUT2D eigenvalue weighted by atomic mass is 127. The van der Waals surface area contributed by atoms with Gasteiger partial charge in [0, 0.05) is 21.9 Å². The van der Waals surface area contributed by atoms with Crippen molar-refractivity contribution in [3.8, 4) is 0 Å². The molecule has 0 spiro atoms. The lowest BCUT2D eigenvalue weighted by Crippen LogP contribution is -2.21. The van der Waals surface area contributed by atoms with Gasteiger partial charge in [0.25, 0.3) is 0 Å². The molecule has 1 unspecified atom stereocenters. The number of aryl methyl sites for hydroxylation is 3. The normalized spacial score (nSPS) is 12.6. The summed E-state index contributed by atoms with van der Waals surface area (Å²) in [6.45, 7) is 8.35. The molecule has 0 saturated carbocycles. The maximum atomic E-state index is 4.48. The van der Waals surface area contributed by atoms with E-state index in [0.717, 1.165) is 25.2 Å². The average Bonchev–Trinajstić information content (AvgIpc) is 2.73. The predicted octanol–water partition coefficient (Wildman–Crippen LogP) is 3.85. The molecule has 3 nitrogen and oxygen atoms in total. The van der Waals surface area contributed by atoms with Crippen LogP contribution < -0.4 is 5.32 Å². The van der Waals surface area contributed by atoms with Gasteiger partial charge in [-0.15, -0.1) is 0 Å². The zero-order valence-electron chi connectivity index (χ0n) is 12.4. The topological polar surface area (TPSA) is 29.9 Å². The van der Waals surface area contributed by atoms with Crippen LogP contribution in [0.5, 0.6) is 0 Å². The Morgan fingerprint density at radius 2 is 1.95 bits per heavy atom. The second-order valence-electron chi connectivity index (χ2n) is 5.23. The summed E-state index contributed by atoms with van der Waals surface area (Å²) in [6.07, 6.45) is 1.09. The largest absolute Gasteiger partial charge is 0.310 e. The molecule has 1 N–H and O–H groups in total. The van der Waals surface area contributed by atoms with Crippen LogP contribution in [-0.2, 0) is 6.54 Å². The van der Waals surface area contributed by atoms with Gasteiger partial charge in [-0.1, -0.05) is 12.1 Å². The van der Waals surface area contributed by atoms with Crippen molar-refractivity contribution in [3.05, 3.63) is 50.9 Å². The van der Waals surface area contributed by atoms with E-state index in [2.05, 4.69) is 81.9 Å². The maximum absolute atomic E-state index is 4.48. The summed E-state index contributed by atoms with van der Waals surface area (Å²) >= 11 is 2.34. The van der Waals surface area contributed by atoms with Crippen LogP contribution in [0.15, 0.2) is 30.3 Å². The number of rotatable bonds is 6. The van der Waals surface area contributed by atoms with Gasteiger partial charge in [-0.2, -0.15) is 5.10 Å². The monoisotopic (exact) mass is 383 g/mol. The van der Waals surface area contributed by atoms with E-state index < -0.39 is 0 Å². The molecule has 2 aromatic rings. The molecule has 2 rings (SSSR count). The fourth-order valence-electron chi connectivity index (χ4n) is 2.32. The van der Waals surface area contributed by atoms with Crippen molar-refractivity contribution in [1.29, 1.82) is 0 Å². The van der Waals surface area contributed by atoms with Crippen LogP contribution >= 0.6 is 22.6 Å². The van der Waals surface area contributed by atoms with Gasteiger partial charge in [0.1, 0.15) is 0 Å². The average molecular weight is 383 g/mol. The highest BCUT2D eigenvalue weighted by molar-refractivity contribution is 14.1. The van der Waals surface area contributed by atoms with Crippen molar-refractivity contribution in [1.82, 2.24) is 15.1 Å². The Hall–Kier alpha value is -0.880. The van der Waals surface area contributed by atoms with Crippen molar-refractivity contribution in [2.75, 3.05) is 6.54 Å². The molecule has 4 heteroatoms. The number of benzene rings is 1. The van der Waals surface area contributed by atoms with Gasteiger partial charge in [-0.3, -0.25) is 4.68 Å². The third-order valence-corrected chi connectivity index (χ3v) is 4.19. The molecular formula is C16H22IN3. The molecule has 1 heterocycles. The Morgan fingerprint density at radius 3 is 2.55 bits per heavy atom.